The summed E-state index contributed by atoms with van der Waals surface area (Å²) in [5, 5.41) is 52.3. The Hall–Kier alpha value is -1.36. The molecule has 4 saturated carbocycles. The smallest absolute Gasteiger partial charge is 0.314 e. The summed E-state index contributed by atoms with van der Waals surface area (Å²) in [6, 6.07) is 0. The number of rotatable bonds is 3. The number of aliphatic hydroxyl groups excluding tert-OH is 4. The van der Waals surface area contributed by atoms with Crippen LogP contribution in [0, 0.1) is 28.1 Å². The number of carbonyl (C=O) groups is 2. The van der Waals surface area contributed by atoms with Crippen molar-refractivity contribution in [2.75, 3.05) is 6.61 Å². The molecule has 0 aromatic carbocycles. The molecular formula is C26H38O9. The zero-order valence-electron chi connectivity index (χ0n) is 20.5. The topological polar surface area (TPSA) is 154 Å². The Bertz CT molecular complexity index is 934. The van der Waals surface area contributed by atoms with E-state index in [9.17, 15) is 35.1 Å². The number of fused-ring (bicyclic) bond motifs is 3. The van der Waals surface area contributed by atoms with Crippen molar-refractivity contribution in [3.8, 4) is 0 Å². The van der Waals surface area contributed by atoms with Crippen LogP contribution in [0.3, 0.4) is 0 Å². The van der Waals surface area contributed by atoms with Gasteiger partial charge in [-0.05, 0) is 69.3 Å². The molecule has 2 bridgehead atoms. The Morgan fingerprint density at radius 3 is 2.49 bits per heavy atom. The molecule has 5 aliphatic rings. The molecule has 9 heteroatoms. The van der Waals surface area contributed by atoms with Gasteiger partial charge in [0.1, 0.15) is 24.4 Å². The molecule has 196 valence electrons. The first kappa shape index (κ1) is 25.3. The van der Waals surface area contributed by atoms with Gasteiger partial charge in [-0.2, -0.15) is 0 Å². The molecule has 0 aromatic rings. The Morgan fingerprint density at radius 2 is 1.80 bits per heavy atom. The number of carbonyl (C=O) groups excluding carboxylic acids is 2. The standard InChI is InChI=1S/C26H38O9/c1-13-14-5-10-26(33)24(3)8-4-7-23(2,16(24)6-9-25(26,11-14)20(13)31)22(32)35-21-19(30)18(29)17(28)15(12-27)34-21/h14-19,21,27-30,33H,1,4-12H2,2-3H3/t14?,15?,16-,17?,18?,19?,21?,23-,24-,25+,26-/m1/s1. The molecule has 5 N–H and O–H groups in total. The van der Waals surface area contributed by atoms with Crippen LogP contribution in [0.1, 0.15) is 65.2 Å². The van der Waals surface area contributed by atoms with Gasteiger partial charge in [-0.1, -0.05) is 19.9 Å². The van der Waals surface area contributed by atoms with Crippen LogP contribution >= 0.6 is 0 Å². The maximum Gasteiger partial charge on any atom is 0.314 e. The highest BCUT2D eigenvalue weighted by Crippen LogP contribution is 2.73. The monoisotopic (exact) mass is 494 g/mol. The van der Waals surface area contributed by atoms with E-state index < -0.39 is 65.1 Å². The zero-order valence-corrected chi connectivity index (χ0v) is 20.5. The number of ether oxygens (including phenoxy) is 2. The van der Waals surface area contributed by atoms with E-state index in [-0.39, 0.29) is 17.6 Å². The van der Waals surface area contributed by atoms with Crippen LogP contribution in [0.2, 0.25) is 0 Å². The molecule has 4 aliphatic carbocycles. The molecule has 0 radical (unpaired) electrons. The summed E-state index contributed by atoms with van der Waals surface area (Å²) in [4.78, 5) is 27.1. The van der Waals surface area contributed by atoms with Gasteiger partial charge < -0.3 is 35.0 Å². The third kappa shape index (κ3) is 3.09. The molecule has 9 nitrogen and oxygen atoms in total. The fourth-order valence-electron chi connectivity index (χ4n) is 8.69. The Morgan fingerprint density at radius 1 is 1.09 bits per heavy atom. The maximum atomic E-state index is 13.7. The lowest BCUT2D eigenvalue weighted by atomic mass is 9.38. The second-order valence-corrected chi connectivity index (χ2v) is 12.1. The zero-order chi connectivity index (χ0) is 25.6. The van der Waals surface area contributed by atoms with Crippen molar-refractivity contribution in [1.82, 2.24) is 0 Å². The summed E-state index contributed by atoms with van der Waals surface area (Å²) in [5.74, 6) is -0.782. The first-order valence-corrected chi connectivity index (χ1v) is 12.8. The molecule has 5 fully saturated rings. The summed E-state index contributed by atoms with van der Waals surface area (Å²) in [5.41, 5.74) is -3.18. The third-order valence-electron chi connectivity index (χ3n) is 10.7. The predicted octanol–water partition coefficient (Wildman–Crippen LogP) is 0.592. The minimum Gasteiger partial charge on any atom is -0.432 e. The summed E-state index contributed by atoms with van der Waals surface area (Å²) in [6.07, 6.45) is -2.86. The van der Waals surface area contributed by atoms with Crippen molar-refractivity contribution in [3.05, 3.63) is 12.2 Å². The van der Waals surface area contributed by atoms with Crippen LogP contribution in [-0.4, -0.2) is 80.2 Å². The number of ketones is 1. The Kier molecular flexibility index (Phi) is 5.83. The van der Waals surface area contributed by atoms with Gasteiger partial charge in [-0.15, -0.1) is 0 Å². The SMILES string of the molecule is C=C1C(=O)[C@@]23CC[C@@H]4[C@](C)(C(=O)OC5OC(CO)C(O)C(O)C5O)CCC[C@@]4(C)[C@]2(O)CCC1C3. The van der Waals surface area contributed by atoms with Crippen LogP contribution in [0.15, 0.2) is 12.2 Å². The molecule has 0 amide bonds. The van der Waals surface area contributed by atoms with E-state index in [0.29, 0.717) is 56.9 Å². The first-order chi connectivity index (χ1) is 16.4. The summed E-state index contributed by atoms with van der Waals surface area (Å²) >= 11 is 0. The van der Waals surface area contributed by atoms with Gasteiger partial charge in [0.15, 0.2) is 5.78 Å². The average Bonchev–Trinajstić information content (AvgIpc) is 3.03. The van der Waals surface area contributed by atoms with Crippen molar-refractivity contribution in [1.29, 1.82) is 0 Å². The molecule has 0 aromatic heterocycles. The molecule has 1 aliphatic heterocycles. The maximum absolute atomic E-state index is 13.7. The molecular weight excluding hydrogens is 456 g/mol. The van der Waals surface area contributed by atoms with Crippen molar-refractivity contribution in [2.24, 2.45) is 28.1 Å². The summed E-state index contributed by atoms with van der Waals surface area (Å²) < 4.78 is 11.0. The van der Waals surface area contributed by atoms with Crippen LogP contribution in [0.5, 0.6) is 0 Å². The van der Waals surface area contributed by atoms with E-state index in [1.54, 1.807) is 0 Å². The molecule has 6 unspecified atom stereocenters. The van der Waals surface area contributed by atoms with Crippen LogP contribution in [0.4, 0.5) is 0 Å². The van der Waals surface area contributed by atoms with Crippen molar-refractivity contribution < 1.29 is 44.6 Å². The minimum absolute atomic E-state index is 0.0154. The highest BCUT2D eigenvalue weighted by atomic mass is 16.7. The number of esters is 1. The average molecular weight is 495 g/mol. The van der Waals surface area contributed by atoms with Crippen molar-refractivity contribution in [2.45, 2.75) is 102 Å². The van der Waals surface area contributed by atoms with Crippen LogP contribution in [0.25, 0.3) is 0 Å². The van der Waals surface area contributed by atoms with Gasteiger partial charge in [0.25, 0.3) is 0 Å². The highest BCUT2D eigenvalue weighted by molar-refractivity contribution is 6.04. The molecule has 11 atom stereocenters. The van der Waals surface area contributed by atoms with Crippen molar-refractivity contribution in [3.63, 3.8) is 0 Å². The van der Waals surface area contributed by atoms with Gasteiger partial charge in [-0.3, -0.25) is 9.59 Å². The Labute approximate surface area is 205 Å². The minimum atomic E-state index is -1.67. The van der Waals surface area contributed by atoms with Gasteiger partial charge >= 0.3 is 5.97 Å². The van der Waals surface area contributed by atoms with Crippen LogP contribution in [-0.2, 0) is 19.1 Å². The lowest BCUT2D eigenvalue weighted by Crippen LogP contribution is -2.70. The number of Topliss-reactive ketones (excluding diaryl/α,β-unsaturated/α-hetero) is 1. The number of hydrogen-bond donors (Lipinski definition) is 5. The summed E-state index contributed by atoms with van der Waals surface area (Å²) in [7, 11) is 0. The van der Waals surface area contributed by atoms with E-state index in [0.717, 1.165) is 0 Å². The summed E-state index contributed by atoms with van der Waals surface area (Å²) in [6.45, 7) is 7.24. The number of hydrogen-bond acceptors (Lipinski definition) is 9. The molecule has 35 heavy (non-hydrogen) atoms. The second-order valence-electron chi connectivity index (χ2n) is 12.1. The van der Waals surface area contributed by atoms with Gasteiger partial charge in [0, 0.05) is 5.41 Å². The van der Waals surface area contributed by atoms with Gasteiger partial charge in [0.2, 0.25) is 6.29 Å². The number of allylic oxidation sites excluding steroid dienone is 1. The predicted molar refractivity (Wildman–Crippen MR) is 122 cm³/mol. The van der Waals surface area contributed by atoms with E-state index in [1.807, 2.05) is 13.8 Å². The number of aliphatic hydroxyl groups is 5. The van der Waals surface area contributed by atoms with E-state index in [4.69, 9.17) is 9.47 Å². The third-order valence-corrected chi connectivity index (χ3v) is 10.7. The first-order valence-electron chi connectivity index (χ1n) is 12.8. The fraction of sp³-hybridized carbons (Fsp3) is 0.846. The molecule has 1 saturated heterocycles. The normalized spacial score (nSPS) is 53.6. The van der Waals surface area contributed by atoms with Gasteiger partial charge in [0.05, 0.1) is 23.0 Å². The molecule has 1 heterocycles. The second kappa shape index (κ2) is 8.07. The van der Waals surface area contributed by atoms with Gasteiger partial charge in [-0.25, -0.2) is 0 Å². The lowest BCUT2D eigenvalue weighted by molar-refractivity contribution is -0.300. The van der Waals surface area contributed by atoms with Crippen molar-refractivity contribution >= 4 is 11.8 Å². The van der Waals surface area contributed by atoms with Crippen LogP contribution < -0.4 is 0 Å². The molecule has 1 spiro atoms. The Balaban J connectivity index is 1.44. The van der Waals surface area contributed by atoms with E-state index in [1.165, 1.54) is 0 Å². The highest BCUT2D eigenvalue weighted by Gasteiger charge is 2.75. The van der Waals surface area contributed by atoms with E-state index >= 15 is 0 Å². The lowest BCUT2D eigenvalue weighted by Gasteiger charge is -2.66. The largest absolute Gasteiger partial charge is 0.432 e. The van der Waals surface area contributed by atoms with E-state index in [2.05, 4.69) is 6.58 Å². The molecule has 5 rings (SSSR count). The quantitative estimate of drug-likeness (QED) is 0.280. The fourth-order valence-corrected chi connectivity index (χ4v) is 8.69.